The first-order valence-electron chi connectivity index (χ1n) is 9.56. The molecule has 0 radical (unpaired) electrons. The number of benzene rings is 1. The van der Waals surface area contributed by atoms with Crippen molar-refractivity contribution in [3.63, 3.8) is 0 Å². The van der Waals surface area contributed by atoms with Crippen LogP contribution in [0.1, 0.15) is 24.0 Å². The molecule has 2 aliphatic rings. The molecule has 9 heteroatoms. The average molecular weight is 410 g/mol. The number of ether oxygens (including phenoxy) is 1. The molecule has 2 saturated heterocycles. The van der Waals surface area contributed by atoms with Gasteiger partial charge in [-0.05, 0) is 36.5 Å². The van der Waals surface area contributed by atoms with Crippen LogP contribution in [0.3, 0.4) is 0 Å². The molecule has 3 rings (SSSR count). The third-order valence-corrected chi connectivity index (χ3v) is 6.23. The molecule has 1 spiro atoms. The summed E-state index contributed by atoms with van der Waals surface area (Å²) >= 11 is 0. The molecule has 1 aromatic rings. The van der Waals surface area contributed by atoms with E-state index in [1.807, 2.05) is 4.90 Å². The first-order valence-corrected chi connectivity index (χ1v) is 9.56. The zero-order valence-corrected chi connectivity index (χ0v) is 16.6. The van der Waals surface area contributed by atoms with E-state index in [-0.39, 0.29) is 22.9 Å². The van der Waals surface area contributed by atoms with Crippen molar-refractivity contribution in [3.8, 4) is 6.07 Å². The van der Waals surface area contributed by atoms with E-state index in [1.54, 1.807) is 31.2 Å². The molecule has 6 nitrogen and oxygen atoms in total. The second-order valence-electron chi connectivity index (χ2n) is 7.78. The van der Waals surface area contributed by atoms with Gasteiger partial charge in [0.25, 0.3) is 0 Å². The Hall–Kier alpha value is -2.47. The Labute approximate surface area is 168 Å². The van der Waals surface area contributed by atoms with E-state index in [0.29, 0.717) is 38.5 Å². The van der Waals surface area contributed by atoms with Gasteiger partial charge in [0, 0.05) is 51.9 Å². The van der Waals surface area contributed by atoms with Crippen molar-refractivity contribution < 1.29 is 22.7 Å². The number of piperidine rings is 1. The fourth-order valence-corrected chi connectivity index (χ4v) is 4.61. The van der Waals surface area contributed by atoms with E-state index in [0.717, 1.165) is 18.9 Å². The number of halogens is 3. The fourth-order valence-electron chi connectivity index (χ4n) is 4.61. The maximum atomic E-state index is 13.3. The van der Waals surface area contributed by atoms with Crippen LogP contribution in [0.5, 0.6) is 0 Å². The summed E-state index contributed by atoms with van der Waals surface area (Å²) in [5, 5.41) is 11.6. The number of nitrogens with zero attached hydrogens (tertiary/aromatic N) is 3. The second kappa shape index (κ2) is 8.11. The monoisotopic (exact) mass is 410 g/mol. The Morgan fingerprint density at radius 1 is 1.38 bits per heavy atom. The third kappa shape index (κ3) is 4.13. The van der Waals surface area contributed by atoms with Gasteiger partial charge in [0.15, 0.2) is 0 Å². The van der Waals surface area contributed by atoms with E-state index in [1.165, 1.54) is 6.07 Å². The molecule has 2 amide bonds. The number of alkyl halides is 3. The van der Waals surface area contributed by atoms with Crippen LogP contribution >= 0.6 is 0 Å². The van der Waals surface area contributed by atoms with E-state index < -0.39 is 11.7 Å². The van der Waals surface area contributed by atoms with E-state index >= 15 is 0 Å². The molecule has 0 bridgehead atoms. The van der Waals surface area contributed by atoms with Crippen molar-refractivity contribution in [3.05, 3.63) is 29.3 Å². The highest BCUT2D eigenvalue weighted by Gasteiger charge is 2.49. The fraction of sp³-hybridized carbons (Fsp3) is 0.600. The van der Waals surface area contributed by atoms with E-state index in [9.17, 15) is 18.0 Å². The van der Waals surface area contributed by atoms with Gasteiger partial charge in [-0.3, -0.25) is 0 Å². The Bertz CT molecular complexity index is 798. The Morgan fingerprint density at radius 2 is 2.07 bits per heavy atom. The van der Waals surface area contributed by atoms with Gasteiger partial charge in [-0.1, -0.05) is 0 Å². The minimum Gasteiger partial charge on any atom is -0.384 e. The van der Waals surface area contributed by atoms with Crippen LogP contribution < -0.4 is 10.2 Å². The van der Waals surface area contributed by atoms with Crippen molar-refractivity contribution in [1.29, 1.82) is 5.26 Å². The van der Waals surface area contributed by atoms with Crippen LogP contribution in [0.2, 0.25) is 0 Å². The summed E-state index contributed by atoms with van der Waals surface area (Å²) in [6.45, 7) is 2.96. The number of methoxy groups -OCH3 is 1. The van der Waals surface area contributed by atoms with Crippen molar-refractivity contribution in [2.45, 2.75) is 19.0 Å². The predicted molar refractivity (Wildman–Crippen MR) is 101 cm³/mol. The number of carbonyl (C=O) groups is 1. The van der Waals surface area contributed by atoms with Crippen molar-refractivity contribution in [1.82, 2.24) is 10.2 Å². The topological polar surface area (TPSA) is 68.6 Å². The van der Waals surface area contributed by atoms with Crippen LogP contribution in [-0.4, -0.2) is 57.9 Å². The number of urea groups is 1. The highest BCUT2D eigenvalue weighted by Crippen LogP contribution is 2.46. The number of rotatable bonds is 3. The van der Waals surface area contributed by atoms with E-state index in [4.69, 9.17) is 10.00 Å². The zero-order chi connectivity index (χ0) is 21.2. The number of hydrogen-bond donors (Lipinski definition) is 1. The number of nitriles is 1. The van der Waals surface area contributed by atoms with Crippen molar-refractivity contribution in [2.75, 3.05) is 51.8 Å². The molecule has 2 heterocycles. The highest BCUT2D eigenvalue weighted by atomic mass is 19.4. The van der Waals surface area contributed by atoms with Crippen LogP contribution in [0, 0.1) is 22.7 Å². The molecule has 29 heavy (non-hydrogen) atoms. The Balaban J connectivity index is 1.78. The molecule has 1 unspecified atom stereocenters. The van der Waals surface area contributed by atoms with Crippen molar-refractivity contribution >= 4 is 11.7 Å². The van der Waals surface area contributed by atoms with Crippen LogP contribution in [-0.2, 0) is 10.9 Å². The summed E-state index contributed by atoms with van der Waals surface area (Å²) in [6, 6.07) is 5.37. The summed E-state index contributed by atoms with van der Waals surface area (Å²) < 4.78 is 45.2. The Kier molecular flexibility index (Phi) is 5.94. The van der Waals surface area contributed by atoms with Crippen LogP contribution in [0.15, 0.2) is 18.2 Å². The number of anilines is 1. The predicted octanol–water partition coefficient (Wildman–Crippen LogP) is 3.08. The second-order valence-corrected chi connectivity index (χ2v) is 7.78. The SMILES string of the molecule is CNC(=O)N1CC(COC)C2(CCN(c3ccc(C#N)c(C(F)(F)F)c3)CC2)C1. The first-order chi connectivity index (χ1) is 13.7. The van der Waals surface area contributed by atoms with Gasteiger partial charge in [-0.2, -0.15) is 18.4 Å². The molecule has 0 aliphatic carbocycles. The molecule has 2 fully saturated rings. The van der Waals surface area contributed by atoms with Gasteiger partial charge in [0.05, 0.1) is 23.8 Å². The molecule has 1 atom stereocenters. The lowest BCUT2D eigenvalue weighted by Crippen LogP contribution is -2.46. The lowest BCUT2D eigenvalue weighted by Gasteiger charge is -2.43. The molecular formula is C20H25F3N4O2. The van der Waals surface area contributed by atoms with Crippen LogP contribution in [0.25, 0.3) is 0 Å². The maximum Gasteiger partial charge on any atom is 0.417 e. The number of nitrogens with one attached hydrogen (secondary N) is 1. The van der Waals surface area contributed by atoms with Gasteiger partial charge in [-0.15, -0.1) is 0 Å². The number of hydrogen-bond acceptors (Lipinski definition) is 4. The van der Waals surface area contributed by atoms with Crippen molar-refractivity contribution in [2.24, 2.45) is 11.3 Å². The zero-order valence-electron chi connectivity index (χ0n) is 16.6. The van der Waals surface area contributed by atoms with Gasteiger partial charge in [0.1, 0.15) is 0 Å². The lowest BCUT2D eigenvalue weighted by atomic mass is 9.71. The standard InChI is InChI=1S/C20H25F3N4O2/c1-25-18(28)27-11-15(12-29-2)19(13-27)5-7-26(8-6-19)16-4-3-14(10-24)17(9-16)20(21,22)23/h3-4,9,15H,5-8,11-13H2,1-2H3,(H,25,28). The molecule has 0 saturated carbocycles. The number of carbonyl (C=O) groups excluding carboxylic acids is 1. The minimum atomic E-state index is -4.57. The first kappa shape index (κ1) is 21.2. The maximum absolute atomic E-state index is 13.3. The molecule has 1 N–H and O–H groups in total. The van der Waals surface area contributed by atoms with Gasteiger partial charge < -0.3 is 19.9 Å². The largest absolute Gasteiger partial charge is 0.417 e. The van der Waals surface area contributed by atoms with Gasteiger partial charge in [-0.25, -0.2) is 4.79 Å². The lowest BCUT2D eigenvalue weighted by molar-refractivity contribution is -0.137. The van der Waals surface area contributed by atoms with Gasteiger partial charge in [0.2, 0.25) is 0 Å². The molecule has 0 aromatic heterocycles. The molecule has 2 aliphatic heterocycles. The summed E-state index contributed by atoms with van der Waals surface area (Å²) in [5.74, 6) is 0.193. The highest BCUT2D eigenvalue weighted by molar-refractivity contribution is 5.74. The van der Waals surface area contributed by atoms with E-state index in [2.05, 4.69) is 5.32 Å². The molecule has 1 aromatic carbocycles. The summed E-state index contributed by atoms with van der Waals surface area (Å²) in [6.07, 6.45) is -3.05. The molecule has 158 valence electrons. The third-order valence-electron chi connectivity index (χ3n) is 6.23. The average Bonchev–Trinajstić information content (AvgIpc) is 3.05. The summed E-state index contributed by atoms with van der Waals surface area (Å²) in [7, 11) is 3.24. The summed E-state index contributed by atoms with van der Waals surface area (Å²) in [5.41, 5.74) is -0.900. The minimum absolute atomic E-state index is 0.0987. The number of likely N-dealkylation sites (tertiary alicyclic amines) is 1. The normalized spacial score (nSPS) is 21.3. The van der Waals surface area contributed by atoms with Crippen LogP contribution in [0.4, 0.5) is 23.7 Å². The summed E-state index contributed by atoms with van der Waals surface area (Å²) in [4.78, 5) is 15.8. The smallest absolute Gasteiger partial charge is 0.384 e. The van der Waals surface area contributed by atoms with Gasteiger partial charge >= 0.3 is 12.2 Å². The number of amides is 2. The molecular weight excluding hydrogens is 385 g/mol. The quantitative estimate of drug-likeness (QED) is 0.832. The Morgan fingerprint density at radius 3 is 2.62 bits per heavy atom.